The first kappa shape index (κ1) is 33.5. The maximum atomic E-state index is 12.7. The molecule has 0 heterocycles. The van der Waals surface area contributed by atoms with Crippen LogP contribution in [0.1, 0.15) is 195 Å². The molecule has 1 atom stereocenters. The Labute approximate surface area is 215 Å². The minimum atomic E-state index is -0.201. The summed E-state index contributed by atoms with van der Waals surface area (Å²) in [4.78, 5) is 12.7. The van der Waals surface area contributed by atoms with Gasteiger partial charge in [-0.3, -0.25) is 4.79 Å². The van der Waals surface area contributed by atoms with E-state index in [1.165, 1.54) is 135 Å². The number of ether oxygens (including phenoxy) is 1. The highest BCUT2D eigenvalue weighted by Gasteiger charge is 2.31. The van der Waals surface area contributed by atoms with Gasteiger partial charge in [-0.25, -0.2) is 0 Å². The van der Waals surface area contributed by atoms with Crippen molar-refractivity contribution in [2.24, 2.45) is 0 Å². The highest BCUT2D eigenvalue weighted by molar-refractivity contribution is 5.69. The monoisotopic (exact) mass is 480 g/mol. The third-order valence-electron chi connectivity index (χ3n) is 7.68. The number of esters is 1. The van der Waals surface area contributed by atoms with Crippen LogP contribution in [0.2, 0.25) is 0 Å². The van der Waals surface area contributed by atoms with E-state index < -0.39 is 0 Å². The summed E-state index contributed by atoms with van der Waals surface area (Å²) < 4.78 is 6.24. The van der Waals surface area contributed by atoms with E-state index >= 15 is 0 Å². The van der Waals surface area contributed by atoms with Gasteiger partial charge in [-0.15, -0.1) is 0 Å². The van der Waals surface area contributed by atoms with Crippen molar-refractivity contribution in [2.45, 2.75) is 200 Å². The number of carbonyl (C=O) groups excluding carboxylic acids is 1. The lowest BCUT2D eigenvalue weighted by atomic mass is 9.87. The Kier molecular flexibility index (Phi) is 25.2. The molecule has 0 saturated carbocycles. The first-order chi connectivity index (χ1) is 16.6. The lowest BCUT2D eigenvalue weighted by molar-refractivity contribution is -0.162. The van der Waals surface area contributed by atoms with E-state index in [0.717, 1.165) is 25.7 Å². The van der Waals surface area contributed by atoms with E-state index in [1.54, 1.807) is 0 Å². The average molecular weight is 481 g/mol. The van der Waals surface area contributed by atoms with E-state index in [0.29, 0.717) is 6.42 Å². The lowest BCUT2D eigenvalue weighted by Gasteiger charge is -2.33. The molecule has 1 unspecified atom stereocenters. The smallest absolute Gasteiger partial charge is 0.306 e. The molecule has 0 aliphatic rings. The topological polar surface area (TPSA) is 26.3 Å². The predicted octanol–water partition coefficient (Wildman–Crippen LogP) is 11.5. The van der Waals surface area contributed by atoms with E-state index in [-0.39, 0.29) is 11.6 Å². The third-order valence-corrected chi connectivity index (χ3v) is 7.68. The molecule has 0 amide bonds. The summed E-state index contributed by atoms with van der Waals surface area (Å²) in [7, 11) is 0. The van der Waals surface area contributed by atoms with Crippen LogP contribution in [0.15, 0.2) is 0 Å². The zero-order valence-corrected chi connectivity index (χ0v) is 24.2. The SMILES string of the molecule is CCCCCCCCCCCCCCCC(=O)OC(CC)(CCCCCC)CCCCCCC. The fraction of sp³-hybridized carbons (Fsp3) is 0.969. The Bertz CT molecular complexity index is 419. The van der Waals surface area contributed by atoms with Gasteiger partial charge in [0.25, 0.3) is 0 Å². The van der Waals surface area contributed by atoms with Crippen molar-refractivity contribution in [1.82, 2.24) is 0 Å². The molecule has 0 aromatic rings. The molecule has 2 heteroatoms. The number of unbranched alkanes of at least 4 members (excludes halogenated alkanes) is 19. The van der Waals surface area contributed by atoms with E-state index in [2.05, 4.69) is 27.7 Å². The van der Waals surface area contributed by atoms with Gasteiger partial charge in [0.2, 0.25) is 0 Å². The van der Waals surface area contributed by atoms with Gasteiger partial charge >= 0.3 is 5.97 Å². The zero-order valence-electron chi connectivity index (χ0n) is 24.2. The van der Waals surface area contributed by atoms with Crippen molar-refractivity contribution in [3.8, 4) is 0 Å². The molecule has 0 fully saturated rings. The molecule has 0 bridgehead atoms. The summed E-state index contributed by atoms with van der Waals surface area (Å²) in [6.45, 7) is 9.04. The second-order valence-corrected chi connectivity index (χ2v) is 11.0. The molecule has 0 aliphatic carbocycles. The number of rotatable bonds is 27. The standard InChI is InChI=1S/C32H64O2/c1-5-9-12-15-16-17-18-19-20-21-22-23-25-28-31(33)34-32(8-4,29-26-14-11-7-3)30-27-24-13-10-6-2/h5-30H2,1-4H3. The molecule has 0 aromatic heterocycles. The normalized spacial score (nSPS) is 13.2. The molecule has 2 nitrogen and oxygen atoms in total. The Morgan fingerprint density at radius 1 is 0.471 bits per heavy atom. The van der Waals surface area contributed by atoms with Crippen LogP contribution >= 0.6 is 0 Å². The Morgan fingerprint density at radius 3 is 1.18 bits per heavy atom. The van der Waals surface area contributed by atoms with Gasteiger partial charge in [0, 0.05) is 6.42 Å². The van der Waals surface area contributed by atoms with E-state index in [4.69, 9.17) is 4.74 Å². The van der Waals surface area contributed by atoms with Crippen LogP contribution in [-0.4, -0.2) is 11.6 Å². The van der Waals surface area contributed by atoms with Crippen molar-refractivity contribution in [3.05, 3.63) is 0 Å². The average Bonchev–Trinajstić information content (AvgIpc) is 2.84. The minimum absolute atomic E-state index is 0.0639. The molecule has 0 aliphatic heterocycles. The van der Waals surface area contributed by atoms with Crippen LogP contribution in [0.25, 0.3) is 0 Å². The van der Waals surface area contributed by atoms with Gasteiger partial charge in [-0.1, -0.05) is 150 Å². The molecule has 0 spiro atoms. The van der Waals surface area contributed by atoms with Crippen molar-refractivity contribution in [3.63, 3.8) is 0 Å². The quantitative estimate of drug-likeness (QED) is 0.0862. The highest BCUT2D eigenvalue weighted by atomic mass is 16.6. The number of hydrogen-bond acceptors (Lipinski definition) is 2. The second-order valence-electron chi connectivity index (χ2n) is 11.0. The van der Waals surface area contributed by atoms with Crippen LogP contribution in [-0.2, 0) is 9.53 Å². The Hall–Kier alpha value is -0.530. The molecule has 204 valence electrons. The summed E-state index contributed by atoms with van der Waals surface area (Å²) in [6.07, 6.45) is 32.6. The molecule has 0 radical (unpaired) electrons. The zero-order chi connectivity index (χ0) is 25.2. The van der Waals surface area contributed by atoms with E-state index in [9.17, 15) is 4.79 Å². The van der Waals surface area contributed by atoms with Gasteiger partial charge < -0.3 is 4.74 Å². The van der Waals surface area contributed by atoms with Crippen LogP contribution in [0.3, 0.4) is 0 Å². The molecule has 0 aromatic carbocycles. The van der Waals surface area contributed by atoms with Gasteiger partial charge in [-0.2, -0.15) is 0 Å². The minimum Gasteiger partial charge on any atom is -0.459 e. The van der Waals surface area contributed by atoms with Gasteiger partial charge in [0.05, 0.1) is 0 Å². The first-order valence-electron chi connectivity index (χ1n) is 15.9. The summed E-state index contributed by atoms with van der Waals surface area (Å²) >= 11 is 0. The lowest BCUT2D eigenvalue weighted by Crippen LogP contribution is -2.34. The number of carbonyl (C=O) groups is 1. The summed E-state index contributed by atoms with van der Waals surface area (Å²) in [6, 6.07) is 0. The third kappa shape index (κ3) is 20.8. The second kappa shape index (κ2) is 25.6. The molecule has 34 heavy (non-hydrogen) atoms. The molecule has 0 rings (SSSR count). The summed E-state index contributed by atoms with van der Waals surface area (Å²) in [5.41, 5.74) is -0.201. The molecule has 0 saturated heterocycles. The summed E-state index contributed by atoms with van der Waals surface area (Å²) in [5, 5.41) is 0. The molecular weight excluding hydrogens is 416 g/mol. The fourth-order valence-corrected chi connectivity index (χ4v) is 5.16. The first-order valence-corrected chi connectivity index (χ1v) is 15.9. The maximum Gasteiger partial charge on any atom is 0.306 e. The van der Waals surface area contributed by atoms with E-state index in [1.807, 2.05) is 0 Å². The van der Waals surface area contributed by atoms with Crippen LogP contribution in [0, 0.1) is 0 Å². The summed E-state index contributed by atoms with van der Waals surface area (Å²) in [5.74, 6) is 0.0639. The Balaban J connectivity index is 4.04. The van der Waals surface area contributed by atoms with Gasteiger partial charge in [-0.05, 0) is 38.5 Å². The largest absolute Gasteiger partial charge is 0.459 e. The Morgan fingerprint density at radius 2 is 0.794 bits per heavy atom. The van der Waals surface area contributed by atoms with Crippen molar-refractivity contribution < 1.29 is 9.53 Å². The highest BCUT2D eigenvalue weighted by Crippen LogP contribution is 2.31. The van der Waals surface area contributed by atoms with Crippen molar-refractivity contribution >= 4 is 5.97 Å². The van der Waals surface area contributed by atoms with Gasteiger partial charge in [0.1, 0.15) is 5.60 Å². The maximum absolute atomic E-state index is 12.7. The number of hydrogen-bond donors (Lipinski definition) is 0. The van der Waals surface area contributed by atoms with Crippen molar-refractivity contribution in [2.75, 3.05) is 0 Å². The molecule has 0 N–H and O–H groups in total. The van der Waals surface area contributed by atoms with Crippen LogP contribution in [0.4, 0.5) is 0 Å². The predicted molar refractivity (Wildman–Crippen MR) is 152 cm³/mol. The van der Waals surface area contributed by atoms with Crippen LogP contribution in [0.5, 0.6) is 0 Å². The molecular formula is C32H64O2. The van der Waals surface area contributed by atoms with Crippen LogP contribution < -0.4 is 0 Å². The van der Waals surface area contributed by atoms with Crippen molar-refractivity contribution in [1.29, 1.82) is 0 Å². The fourth-order valence-electron chi connectivity index (χ4n) is 5.16. The van der Waals surface area contributed by atoms with Gasteiger partial charge in [0.15, 0.2) is 0 Å².